The van der Waals surface area contributed by atoms with Crippen LogP contribution in [0.5, 0.6) is 0 Å². The molecule has 0 saturated carbocycles. The number of rotatable bonds is 1. The second-order valence-electron chi connectivity index (χ2n) is 1.56. The van der Waals surface area contributed by atoms with Crippen LogP contribution in [0.2, 0.25) is 0 Å². The molecular weight excluding hydrogens is 131 g/mol. The Hall–Kier alpha value is 0.846. The molecule has 0 heterocycles. The van der Waals surface area contributed by atoms with Gasteiger partial charge in [-0.2, -0.15) is 0 Å². The van der Waals surface area contributed by atoms with Gasteiger partial charge in [0, 0.05) is 6.08 Å². The third-order valence-corrected chi connectivity index (χ3v) is 0.412. The van der Waals surface area contributed by atoms with Gasteiger partial charge in [0.25, 0.3) is 0 Å². The molecule has 2 nitrogen and oxygen atoms in total. The van der Waals surface area contributed by atoms with Gasteiger partial charge in [-0.15, -0.1) is 0 Å². The average Bonchev–Trinajstić information content (AvgIpc) is 1.27. The molecule has 0 unspecified atom stereocenters. The van der Waals surface area contributed by atoms with E-state index in [-0.39, 0.29) is 51.4 Å². The van der Waals surface area contributed by atoms with Crippen molar-refractivity contribution in [1.29, 1.82) is 0 Å². The molecule has 0 radical (unpaired) electrons. The number of hydrogen-bond acceptors (Lipinski definition) is 1. The Morgan fingerprint density at radius 1 is 1.50 bits per heavy atom. The molecule has 0 spiro atoms. The Kier molecular flexibility index (Phi) is 8.68. The predicted molar refractivity (Wildman–Crippen MR) is 34.2 cm³/mol. The molecule has 0 bridgehead atoms. The summed E-state index contributed by atoms with van der Waals surface area (Å²) in [5, 5.41) is 8.01. The predicted octanol–water partition coefficient (Wildman–Crippen LogP) is 0.389. The second kappa shape index (κ2) is 5.97. The van der Waals surface area contributed by atoms with Crippen molar-refractivity contribution >= 4 is 57.4 Å². The van der Waals surface area contributed by atoms with Crippen molar-refractivity contribution in [2.75, 3.05) is 0 Å². The number of carbonyl (C=O) groups is 1. The minimum absolute atomic E-state index is 0. The van der Waals surface area contributed by atoms with Crippen molar-refractivity contribution in [2.24, 2.45) is 0 Å². The van der Waals surface area contributed by atoms with Crippen LogP contribution in [-0.2, 0) is 4.79 Å². The summed E-state index contributed by atoms with van der Waals surface area (Å²) in [5.74, 6) is -0.875. The fraction of sp³-hybridized carbons (Fsp3) is 0.400. The Morgan fingerprint density at radius 2 is 1.88 bits per heavy atom. The van der Waals surface area contributed by atoms with E-state index in [4.69, 9.17) is 5.11 Å². The van der Waals surface area contributed by atoms with E-state index in [1.54, 1.807) is 13.8 Å². The van der Waals surface area contributed by atoms with Crippen LogP contribution >= 0.6 is 0 Å². The molecule has 0 amide bonds. The van der Waals surface area contributed by atoms with Crippen LogP contribution < -0.4 is 0 Å². The van der Waals surface area contributed by atoms with Crippen LogP contribution in [-0.4, -0.2) is 62.5 Å². The quantitative estimate of drug-likeness (QED) is 0.422. The number of carboxylic acids is 1. The molecule has 0 aliphatic rings. The van der Waals surface area contributed by atoms with Crippen molar-refractivity contribution in [2.45, 2.75) is 13.8 Å². The number of aliphatic carboxylic acids is 1. The molecule has 0 atom stereocenters. The zero-order chi connectivity index (χ0) is 5.86. The molecule has 0 aromatic carbocycles. The summed E-state index contributed by atoms with van der Waals surface area (Å²) in [6.07, 6.45) is 1.17. The van der Waals surface area contributed by atoms with E-state index in [2.05, 4.69) is 0 Å². The zero-order valence-electron chi connectivity index (χ0n) is 4.43. The summed E-state index contributed by atoms with van der Waals surface area (Å²) < 4.78 is 0. The molecule has 0 rings (SSSR count). The Labute approximate surface area is 91.4 Å². The number of hydrogen-bond donors (Lipinski definition) is 1. The van der Waals surface area contributed by atoms with Gasteiger partial charge < -0.3 is 5.11 Å². The van der Waals surface area contributed by atoms with E-state index in [1.165, 1.54) is 6.08 Å². The molecule has 42 valence electrons. The molecule has 0 aliphatic carbocycles. The summed E-state index contributed by atoms with van der Waals surface area (Å²) in [5.41, 5.74) is 0.813. The van der Waals surface area contributed by atoms with Gasteiger partial charge in [0.1, 0.15) is 0 Å². The third-order valence-electron chi connectivity index (χ3n) is 0.412. The second-order valence-corrected chi connectivity index (χ2v) is 1.56. The van der Waals surface area contributed by atoms with Crippen LogP contribution in [0.15, 0.2) is 11.6 Å². The van der Waals surface area contributed by atoms with E-state index in [0.29, 0.717) is 0 Å². The average molecular weight is 140 g/mol. The van der Waals surface area contributed by atoms with E-state index in [9.17, 15) is 4.79 Å². The van der Waals surface area contributed by atoms with Gasteiger partial charge in [-0.1, -0.05) is 5.57 Å². The monoisotopic (exact) mass is 140 g/mol. The van der Waals surface area contributed by atoms with Gasteiger partial charge in [-0.3, -0.25) is 0 Å². The van der Waals surface area contributed by atoms with Gasteiger partial charge in [-0.05, 0) is 13.8 Å². The molecule has 0 saturated heterocycles. The SMILES string of the molecule is CC(C)=CC(=O)O.[KH]. The normalized spacial score (nSPS) is 6.75. The van der Waals surface area contributed by atoms with Gasteiger partial charge in [-0.25, -0.2) is 4.79 Å². The van der Waals surface area contributed by atoms with Gasteiger partial charge in [0.15, 0.2) is 0 Å². The van der Waals surface area contributed by atoms with Crippen LogP contribution in [0.3, 0.4) is 0 Å². The van der Waals surface area contributed by atoms with Gasteiger partial charge >= 0.3 is 57.4 Å². The number of allylic oxidation sites excluding steroid dienone is 1. The van der Waals surface area contributed by atoms with E-state index < -0.39 is 5.97 Å². The first-order valence-electron chi connectivity index (χ1n) is 2.01. The van der Waals surface area contributed by atoms with Crippen LogP contribution in [0.1, 0.15) is 13.8 Å². The Bertz CT molecular complexity index is 103. The third kappa shape index (κ3) is 9.96. The maximum atomic E-state index is 9.73. The summed E-state index contributed by atoms with van der Waals surface area (Å²) >= 11 is 0. The summed E-state index contributed by atoms with van der Waals surface area (Å²) in [7, 11) is 0. The van der Waals surface area contributed by atoms with Crippen molar-refractivity contribution in [1.82, 2.24) is 0 Å². The Balaban J connectivity index is 0. The van der Waals surface area contributed by atoms with Gasteiger partial charge in [0.05, 0.1) is 0 Å². The van der Waals surface area contributed by atoms with Crippen molar-refractivity contribution < 1.29 is 9.90 Å². The minimum atomic E-state index is -0.875. The summed E-state index contributed by atoms with van der Waals surface area (Å²) in [6.45, 7) is 3.49. The first-order valence-corrected chi connectivity index (χ1v) is 2.01. The first kappa shape index (κ1) is 11.6. The Morgan fingerprint density at radius 3 is 1.88 bits per heavy atom. The summed E-state index contributed by atoms with van der Waals surface area (Å²) in [6, 6.07) is 0. The van der Waals surface area contributed by atoms with Crippen LogP contribution in [0, 0.1) is 0 Å². The molecule has 0 fully saturated rings. The fourth-order valence-corrected chi connectivity index (χ4v) is 0.247. The van der Waals surface area contributed by atoms with Crippen LogP contribution in [0.25, 0.3) is 0 Å². The molecule has 0 aliphatic heterocycles. The van der Waals surface area contributed by atoms with Crippen molar-refractivity contribution in [3.63, 3.8) is 0 Å². The maximum absolute atomic E-state index is 9.73. The van der Waals surface area contributed by atoms with Crippen molar-refractivity contribution in [3.8, 4) is 0 Å². The molecule has 8 heavy (non-hydrogen) atoms. The van der Waals surface area contributed by atoms with Gasteiger partial charge in [0.2, 0.25) is 0 Å². The number of carboxylic acid groups (broad SMARTS) is 1. The molecule has 0 aromatic rings. The van der Waals surface area contributed by atoms with Crippen molar-refractivity contribution in [3.05, 3.63) is 11.6 Å². The topological polar surface area (TPSA) is 37.3 Å². The zero-order valence-corrected chi connectivity index (χ0v) is 4.43. The fourth-order valence-electron chi connectivity index (χ4n) is 0.247. The van der Waals surface area contributed by atoms with E-state index >= 15 is 0 Å². The van der Waals surface area contributed by atoms with Crippen LogP contribution in [0.4, 0.5) is 0 Å². The van der Waals surface area contributed by atoms with E-state index in [0.717, 1.165) is 5.57 Å². The summed E-state index contributed by atoms with van der Waals surface area (Å²) in [4.78, 5) is 9.73. The molecular formula is C5H9KO2. The first-order chi connectivity index (χ1) is 3.13. The van der Waals surface area contributed by atoms with E-state index in [1.807, 2.05) is 0 Å². The standard InChI is InChI=1S/C5H8O2.K.H/c1-4(2)3-5(6)7;;/h3H,1-2H3,(H,6,7);;. The molecule has 0 aromatic heterocycles. The molecule has 1 N–H and O–H groups in total. The molecule has 3 heteroatoms.